The Balaban J connectivity index is 1.40. The summed E-state index contributed by atoms with van der Waals surface area (Å²) in [6, 6.07) is 49.5. The van der Waals surface area contributed by atoms with Crippen LogP contribution in [0.4, 0.5) is 0 Å². The lowest BCUT2D eigenvalue weighted by Gasteiger charge is -2.16. The van der Waals surface area contributed by atoms with E-state index in [2.05, 4.69) is 121 Å². The molecule has 0 aliphatic rings. The molecule has 42 heavy (non-hydrogen) atoms. The van der Waals surface area contributed by atoms with Crippen molar-refractivity contribution in [3.05, 3.63) is 146 Å². The van der Waals surface area contributed by atoms with E-state index in [-0.39, 0.29) is 11.5 Å². The molecule has 8 aromatic carbocycles. The Morgan fingerprint density at radius 2 is 0.690 bits per heavy atom. The first-order valence-corrected chi connectivity index (χ1v) is 14.1. The topological polar surface area (TPSA) is 40.5 Å². The predicted octanol–water partition coefficient (Wildman–Crippen LogP) is 10.7. The molecule has 0 bridgehead atoms. The largest absolute Gasteiger partial charge is 0.507 e. The van der Waals surface area contributed by atoms with Crippen molar-refractivity contribution in [2.24, 2.45) is 0 Å². The van der Waals surface area contributed by atoms with Crippen LogP contribution in [0.1, 0.15) is 0 Å². The van der Waals surface area contributed by atoms with E-state index in [4.69, 9.17) is 0 Å². The van der Waals surface area contributed by atoms with Gasteiger partial charge in [-0.05, 0) is 89.6 Å². The molecule has 0 unspecified atom stereocenters. The monoisotopic (exact) mass is 538 g/mol. The van der Waals surface area contributed by atoms with Crippen molar-refractivity contribution in [2.75, 3.05) is 0 Å². The lowest BCUT2D eigenvalue weighted by Crippen LogP contribution is -1.89. The number of benzene rings is 8. The van der Waals surface area contributed by atoms with Gasteiger partial charge < -0.3 is 10.2 Å². The Hall–Kier alpha value is -5.60. The van der Waals surface area contributed by atoms with Crippen LogP contribution < -0.4 is 0 Å². The van der Waals surface area contributed by atoms with Gasteiger partial charge in [0.2, 0.25) is 0 Å². The van der Waals surface area contributed by atoms with Crippen LogP contribution in [-0.4, -0.2) is 10.2 Å². The van der Waals surface area contributed by atoms with Crippen molar-refractivity contribution >= 4 is 43.1 Å². The van der Waals surface area contributed by atoms with Crippen molar-refractivity contribution in [3.8, 4) is 44.9 Å². The molecule has 8 rings (SSSR count). The number of phenols is 2. The van der Waals surface area contributed by atoms with Gasteiger partial charge in [0.05, 0.1) is 0 Å². The molecule has 0 radical (unpaired) electrons. The molecule has 0 spiro atoms. The number of fused-ring (bicyclic) bond motifs is 4. The summed E-state index contributed by atoms with van der Waals surface area (Å²) in [6.45, 7) is 0. The van der Waals surface area contributed by atoms with Gasteiger partial charge in [-0.1, -0.05) is 121 Å². The summed E-state index contributed by atoms with van der Waals surface area (Å²) in [4.78, 5) is 0. The van der Waals surface area contributed by atoms with E-state index >= 15 is 0 Å². The minimum atomic E-state index is 0.135. The number of hydrogen-bond donors (Lipinski definition) is 2. The molecule has 2 heteroatoms. The fraction of sp³-hybridized carbons (Fsp3) is 0. The molecule has 0 atom stereocenters. The molecule has 0 fully saturated rings. The predicted molar refractivity (Wildman–Crippen MR) is 176 cm³/mol. The fourth-order valence-corrected chi connectivity index (χ4v) is 6.43. The Labute approximate surface area is 243 Å². The van der Waals surface area contributed by atoms with E-state index in [1.165, 1.54) is 21.5 Å². The fourth-order valence-electron chi connectivity index (χ4n) is 6.43. The second-order valence-corrected chi connectivity index (χ2v) is 10.8. The summed E-state index contributed by atoms with van der Waals surface area (Å²) in [5.74, 6) is 0.270. The van der Waals surface area contributed by atoms with Crippen LogP contribution in [-0.2, 0) is 0 Å². The lowest BCUT2D eigenvalue weighted by molar-refractivity contribution is 0.470. The van der Waals surface area contributed by atoms with E-state index in [0.717, 1.165) is 43.8 Å². The molecule has 0 saturated heterocycles. The zero-order valence-corrected chi connectivity index (χ0v) is 22.8. The first-order chi connectivity index (χ1) is 20.7. The van der Waals surface area contributed by atoms with Crippen LogP contribution in [0.25, 0.3) is 76.5 Å². The van der Waals surface area contributed by atoms with Crippen LogP contribution in [0.3, 0.4) is 0 Å². The third-order valence-corrected chi connectivity index (χ3v) is 8.45. The van der Waals surface area contributed by atoms with Gasteiger partial charge in [-0.15, -0.1) is 0 Å². The highest BCUT2D eigenvalue weighted by atomic mass is 16.3. The van der Waals surface area contributed by atoms with E-state index in [0.29, 0.717) is 11.1 Å². The first kappa shape index (κ1) is 24.2. The van der Waals surface area contributed by atoms with Gasteiger partial charge in [0.25, 0.3) is 0 Å². The maximum Gasteiger partial charge on any atom is 0.124 e. The van der Waals surface area contributed by atoms with Crippen LogP contribution in [0, 0.1) is 0 Å². The minimum Gasteiger partial charge on any atom is -0.507 e. The molecule has 0 amide bonds. The Bertz CT molecular complexity index is 2150. The van der Waals surface area contributed by atoms with Crippen molar-refractivity contribution in [2.45, 2.75) is 0 Å². The van der Waals surface area contributed by atoms with Crippen molar-refractivity contribution < 1.29 is 10.2 Å². The molecule has 8 aromatic rings. The smallest absolute Gasteiger partial charge is 0.124 e. The molecule has 0 aromatic heterocycles. The molecular weight excluding hydrogens is 512 g/mol. The second-order valence-electron chi connectivity index (χ2n) is 10.8. The maximum atomic E-state index is 11.4. The van der Waals surface area contributed by atoms with Gasteiger partial charge in [-0.25, -0.2) is 0 Å². The van der Waals surface area contributed by atoms with Gasteiger partial charge in [0.1, 0.15) is 11.5 Å². The van der Waals surface area contributed by atoms with E-state index in [1.54, 1.807) is 12.1 Å². The molecule has 2 N–H and O–H groups in total. The van der Waals surface area contributed by atoms with E-state index < -0.39 is 0 Å². The summed E-state index contributed by atoms with van der Waals surface area (Å²) in [6.07, 6.45) is 0. The van der Waals surface area contributed by atoms with Gasteiger partial charge in [-0.2, -0.15) is 0 Å². The standard InChI is InChI=1S/C40H26O2/c41-37-21-19-27-15-17-29(33-13-5-9-25-7-1-3-11-31(25)33)23-35(27)39(37)40-36-24-30(18-16-28(36)20-22-38(40)42)34-14-6-10-26-8-2-4-12-32(26)34/h1-24,41-42H. The molecule has 0 aliphatic carbocycles. The maximum absolute atomic E-state index is 11.4. The zero-order valence-electron chi connectivity index (χ0n) is 22.8. The molecule has 0 aliphatic heterocycles. The van der Waals surface area contributed by atoms with Crippen LogP contribution in [0.15, 0.2) is 146 Å². The van der Waals surface area contributed by atoms with Crippen molar-refractivity contribution in [3.63, 3.8) is 0 Å². The number of phenolic OH excluding ortho intramolecular Hbond substituents is 2. The average Bonchev–Trinajstić information content (AvgIpc) is 3.04. The summed E-state index contributed by atoms with van der Waals surface area (Å²) in [5, 5.41) is 31.3. The van der Waals surface area contributed by atoms with Crippen molar-refractivity contribution in [1.29, 1.82) is 0 Å². The normalized spacial score (nSPS) is 11.5. The zero-order chi connectivity index (χ0) is 28.2. The quantitative estimate of drug-likeness (QED) is 0.235. The average molecular weight is 539 g/mol. The van der Waals surface area contributed by atoms with Gasteiger partial charge in [-0.3, -0.25) is 0 Å². The van der Waals surface area contributed by atoms with E-state index in [1.807, 2.05) is 12.1 Å². The molecule has 198 valence electrons. The van der Waals surface area contributed by atoms with Gasteiger partial charge in [0.15, 0.2) is 0 Å². The van der Waals surface area contributed by atoms with Crippen LogP contribution >= 0.6 is 0 Å². The molecule has 2 nitrogen and oxygen atoms in total. The Morgan fingerprint density at radius 1 is 0.310 bits per heavy atom. The third-order valence-electron chi connectivity index (χ3n) is 8.45. The number of hydrogen-bond acceptors (Lipinski definition) is 2. The number of aromatic hydroxyl groups is 2. The summed E-state index contributed by atoms with van der Waals surface area (Å²) in [5.41, 5.74) is 5.64. The number of rotatable bonds is 3. The Morgan fingerprint density at radius 3 is 1.17 bits per heavy atom. The SMILES string of the molecule is Oc1ccc2ccc(-c3cccc4ccccc34)cc2c1-c1c(O)ccc2ccc(-c3cccc4ccccc34)cc12. The van der Waals surface area contributed by atoms with Gasteiger partial charge >= 0.3 is 0 Å². The highest BCUT2D eigenvalue weighted by Gasteiger charge is 2.18. The summed E-state index contributed by atoms with van der Waals surface area (Å²) < 4.78 is 0. The molecule has 0 heterocycles. The lowest BCUT2D eigenvalue weighted by atomic mass is 9.88. The molecule has 0 saturated carbocycles. The Kier molecular flexibility index (Phi) is 5.48. The highest BCUT2D eigenvalue weighted by Crippen LogP contribution is 2.46. The second kappa shape index (κ2) is 9.50. The summed E-state index contributed by atoms with van der Waals surface area (Å²) in [7, 11) is 0. The van der Waals surface area contributed by atoms with Crippen molar-refractivity contribution in [1.82, 2.24) is 0 Å². The highest BCUT2D eigenvalue weighted by molar-refractivity contribution is 6.12. The molecular formula is C40H26O2. The minimum absolute atomic E-state index is 0.135. The van der Waals surface area contributed by atoms with Crippen LogP contribution in [0.5, 0.6) is 11.5 Å². The first-order valence-electron chi connectivity index (χ1n) is 14.1. The van der Waals surface area contributed by atoms with Crippen LogP contribution in [0.2, 0.25) is 0 Å². The third kappa shape index (κ3) is 3.81. The van der Waals surface area contributed by atoms with Gasteiger partial charge in [0, 0.05) is 11.1 Å². The van der Waals surface area contributed by atoms with E-state index in [9.17, 15) is 10.2 Å². The summed E-state index contributed by atoms with van der Waals surface area (Å²) >= 11 is 0.